The average molecular weight is 213 g/mol. The zero-order valence-corrected chi connectivity index (χ0v) is 9.32. The Morgan fingerprint density at radius 1 is 1.60 bits per heavy atom. The molecule has 15 heavy (non-hydrogen) atoms. The average Bonchev–Trinajstić information content (AvgIpc) is 2.61. The second-order valence-corrected chi connectivity index (χ2v) is 4.16. The summed E-state index contributed by atoms with van der Waals surface area (Å²) in [4.78, 5) is 24.0. The summed E-state index contributed by atoms with van der Waals surface area (Å²) in [5, 5.41) is 2.77. The summed E-state index contributed by atoms with van der Waals surface area (Å²) >= 11 is 0. The van der Waals surface area contributed by atoms with Gasteiger partial charge in [-0.1, -0.05) is 0 Å². The lowest BCUT2D eigenvalue weighted by Gasteiger charge is -2.18. The van der Waals surface area contributed by atoms with E-state index in [1.165, 1.54) is 6.92 Å². The third kappa shape index (κ3) is 3.51. The van der Waals surface area contributed by atoms with E-state index in [9.17, 15) is 9.59 Å². The molecule has 0 aliphatic carbocycles. The molecular formula is C10H19N3O2. The van der Waals surface area contributed by atoms with Crippen LogP contribution in [0.2, 0.25) is 0 Å². The molecule has 2 amide bonds. The van der Waals surface area contributed by atoms with Crippen molar-refractivity contribution in [2.45, 2.75) is 26.3 Å². The van der Waals surface area contributed by atoms with Gasteiger partial charge in [0, 0.05) is 26.6 Å². The van der Waals surface area contributed by atoms with Crippen molar-refractivity contribution in [1.29, 1.82) is 0 Å². The maximum Gasteiger partial charge on any atom is 0.239 e. The molecule has 5 heteroatoms. The molecule has 0 aromatic rings. The monoisotopic (exact) mass is 213 g/mol. The van der Waals surface area contributed by atoms with Gasteiger partial charge in [0.1, 0.15) is 0 Å². The van der Waals surface area contributed by atoms with E-state index in [4.69, 9.17) is 5.73 Å². The predicted octanol–water partition coefficient (Wildman–Crippen LogP) is -0.682. The Labute approximate surface area is 90.0 Å². The summed E-state index contributed by atoms with van der Waals surface area (Å²) in [5.41, 5.74) is 5.52. The SMILES string of the molecule is CC(=O)NCC1CCN(C(=O)[C@H](C)N)C1. The van der Waals surface area contributed by atoms with Crippen LogP contribution in [0.4, 0.5) is 0 Å². The molecule has 1 aliphatic rings. The Balaban J connectivity index is 2.32. The van der Waals surface area contributed by atoms with Crippen molar-refractivity contribution < 1.29 is 9.59 Å². The van der Waals surface area contributed by atoms with E-state index in [0.717, 1.165) is 13.0 Å². The van der Waals surface area contributed by atoms with Gasteiger partial charge in [0.2, 0.25) is 11.8 Å². The number of hydrogen-bond acceptors (Lipinski definition) is 3. The zero-order valence-electron chi connectivity index (χ0n) is 9.32. The zero-order chi connectivity index (χ0) is 11.4. The molecule has 0 spiro atoms. The minimum atomic E-state index is -0.426. The fraction of sp³-hybridized carbons (Fsp3) is 0.800. The lowest BCUT2D eigenvalue weighted by Crippen LogP contribution is -2.41. The Morgan fingerprint density at radius 3 is 2.80 bits per heavy atom. The standard InChI is InChI=1S/C10H19N3O2/c1-7(11)10(15)13-4-3-9(6-13)5-12-8(2)14/h7,9H,3-6,11H2,1-2H3,(H,12,14)/t7-,9?/m0/s1. The molecule has 1 saturated heterocycles. The topological polar surface area (TPSA) is 75.4 Å². The molecule has 86 valence electrons. The second kappa shape index (κ2) is 5.11. The van der Waals surface area contributed by atoms with Crippen LogP contribution in [0.5, 0.6) is 0 Å². The normalized spacial score (nSPS) is 22.6. The van der Waals surface area contributed by atoms with Crippen LogP contribution in [0, 0.1) is 5.92 Å². The number of nitrogens with one attached hydrogen (secondary N) is 1. The molecule has 2 atom stereocenters. The lowest BCUT2D eigenvalue weighted by atomic mass is 10.1. The van der Waals surface area contributed by atoms with E-state index in [1.807, 2.05) is 0 Å². The highest BCUT2D eigenvalue weighted by atomic mass is 16.2. The molecule has 1 heterocycles. The van der Waals surface area contributed by atoms with E-state index in [1.54, 1.807) is 11.8 Å². The number of nitrogens with zero attached hydrogens (tertiary/aromatic N) is 1. The fourth-order valence-electron chi connectivity index (χ4n) is 1.78. The van der Waals surface area contributed by atoms with Gasteiger partial charge in [-0.15, -0.1) is 0 Å². The van der Waals surface area contributed by atoms with Crippen LogP contribution in [0.3, 0.4) is 0 Å². The van der Waals surface area contributed by atoms with Gasteiger partial charge in [-0.2, -0.15) is 0 Å². The van der Waals surface area contributed by atoms with E-state index in [2.05, 4.69) is 5.32 Å². The van der Waals surface area contributed by atoms with Crippen molar-refractivity contribution >= 4 is 11.8 Å². The molecule has 1 rings (SSSR count). The highest BCUT2D eigenvalue weighted by Crippen LogP contribution is 2.15. The van der Waals surface area contributed by atoms with E-state index >= 15 is 0 Å². The van der Waals surface area contributed by atoms with Crippen molar-refractivity contribution in [1.82, 2.24) is 10.2 Å². The van der Waals surface area contributed by atoms with Gasteiger partial charge in [-0.3, -0.25) is 9.59 Å². The van der Waals surface area contributed by atoms with E-state index in [-0.39, 0.29) is 11.8 Å². The molecule has 0 aromatic heterocycles. The summed E-state index contributed by atoms with van der Waals surface area (Å²) < 4.78 is 0. The van der Waals surface area contributed by atoms with E-state index in [0.29, 0.717) is 19.0 Å². The van der Waals surface area contributed by atoms with Gasteiger partial charge < -0.3 is 16.0 Å². The number of amides is 2. The van der Waals surface area contributed by atoms with Gasteiger partial charge >= 0.3 is 0 Å². The summed E-state index contributed by atoms with van der Waals surface area (Å²) in [6, 6.07) is -0.426. The smallest absolute Gasteiger partial charge is 0.239 e. The molecule has 1 aliphatic heterocycles. The van der Waals surface area contributed by atoms with E-state index < -0.39 is 6.04 Å². The number of hydrogen-bond donors (Lipinski definition) is 2. The van der Waals surface area contributed by atoms with Gasteiger partial charge in [-0.05, 0) is 19.3 Å². The molecule has 0 aromatic carbocycles. The van der Waals surface area contributed by atoms with Gasteiger partial charge in [0.15, 0.2) is 0 Å². The van der Waals surface area contributed by atoms with Gasteiger partial charge in [0.25, 0.3) is 0 Å². The Morgan fingerprint density at radius 2 is 2.27 bits per heavy atom. The minimum Gasteiger partial charge on any atom is -0.356 e. The van der Waals surface area contributed by atoms with Crippen molar-refractivity contribution in [3.05, 3.63) is 0 Å². The summed E-state index contributed by atoms with van der Waals surface area (Å²) in [7, 11) is 0. The summed E-state index contributed by atoms with van der Waals surface area (Å²) in [6.07, 6.45) is 0.943. The van der Waals surface area contributed by atoms with Crippen LogP contribution >= 0.6 is 0 Å². The maximum atomic E-state index is 11.5. The Kier molecular flexibility index (Phi) is 4.08. The third-order valence-corrected chi connectivity index (χ3v) is 2.63. The number of carbonyl (C=O) groups excluding carboxylic acids is 2. The van der Waals surface area contributed by atoms with Crippen LogP contribution < -0.4 is 11.1 Å². The molecule has 3 N–H and O–H groups in total. The highest BCUT2D eigenvalue weighted by molar-refractivity contribution is 5.81. The molecule has 1 unspecified atom stereocenters. The molecular weight excluding hydrogens is 194 g/mol. The van der Waals surface area contributed by atoms with Gasteiger partial charge in [-0.25, -0.2) is 0 Å². The number of carbonyl (C=O) groups is 2. The molecule has 1 fully saturated rings. The van der Waals surface area contributed by atoms with Crippen molar-refractivity contribution in [2.75, 3.05) is 19.6 Å². The van der Waals surface area contributed by atoms with Crippen LogP contribution in [-0.2, 0) is 9.59 Å². The first-order chi connectivity index (χ1) is 7.00. The Hall–Kier alpha value is -1.10. The molecule has 0 saturated carbocycles. The molecule has 0 radical (unpaired) electrons. The van der Waals surface area contributed by atoms with Crippen LogP contribution in [0.15, 0.2) is 0 Å². The third-order valence-electron chi connectivity index (χ3n) is 2.63. The van der Waals surface area contributed by atoms with Crippen molar-refractivity contribution in [2.24, 2.45) is 11.7 Å². The molecule has 0 bridgehead atoms. The highest BCUT2D eigenvalue weighted by Gasteiger charge is 2.27. The number of likely N-dealkylation sites (tertiary alicyclic amines) is 1. The van der Waals surface area contributed by atoms with Crippen LogP contribution in [0.25, 0.3) is 0 Å². The van der Waals surface area contributed by atoms with Crippen LogP contribution in [0.1, 0.15) is 20.3 Å². The predicted molar refractivity (Wildman–Crippen MR) is 57.0 cm³/mol. The first-order valence-electron chi connectivity index (χ1n) is 5.29. The maximum absolute atomic E-state index is 11.5. The summed E-state index contributed by atoms with van der Waals surface area (Å²) in [5.74, 6) is 0.351. The molecule has 5 nitrogen and oxygen atoms in total. The fourth-order valence-corrected chi connectivity index (χ4v) is 1.78. The number of rotatable bonds is 3. The first-order valence-corrected chi connectivity index (χ1v) is 5.29. The van der Waals surface area contributed by atoms with Crippen molar-refractivity contribution in [3.63, 3.8) is 0 Å². The first kappa shape index (κ1) is 12.0. The minimum absolute atomic E-state index is 0.000301. The Bertz CT molecular complexity index is 253. The quantitative estimate of drug-likeness (QED) is 0.652. The van der Waals surface area contributed by atoms with Crippen LogP contribution in [-0.4, -0.2) is 42.4 Å². The lowest BCUT2D eigenvalue weighted by molar-refractivity contribution is -0.131. The van der Waals surface area contributed by atoms with Gasteiger partial charge in [0.05, 0.1) is 6.04 Å². The largest absolute Gasteiger partial charge is 0.356 e. The van der Waals surface area contributed by atoms with Crippen molar-refractivity contribution in [3.8, 4) is 0 Å². The number of nitrogens with two attached hydrogens (primary N) is 1. The summed E-state index contributed by atoms with van der Waals surface area (Å²) in [6.45, 7) is 5.31. The second-order valence-electron chi connectivity index (χ2n) is 4.16.